The third-order valence-electron chi connectivity index (χ3n) is 1.79. The van der Waals surface area contributed by atoms with Gasteiger partial charge in [0.25, 0.3) is 0 Å². The molecule has 0 unspecified atom stereocenters. The highest BCUT2D eigenvalue weighted by Crippen LogP contribution is 2.09. The van der Waals surface area contributed by atoms with Crippen LogP contribution in [0.15, 0.2) is 12.3 Å². The van der Waals surface area contributed by atoms with Crippen LogP contribution in [0.3, 0.4) is 0 Å². The van der Waals surface area contributed by atoms with E-state index in [1.165, 1.54) is 6.26 Å². The highest BCUT2D eigenvalue weighted by molar-refractivity contribution is 4.95. The standard InChI is InChI=1S/C9H16O5/c1-11-4-5-12-7-13-6-9-8(10)2-3-14-9/h2-3,8-10H,4-7H2,1H3/t8-,9+/m0/s1. The molecule has 2 atom stereocenters. The highest BCUT2D eigenvalue weighted by atomic mass is 16.7. The zero-order chi connectivity index (χ0) is 10.2. The summed E-state index contributed by atoms with van der Waals surface area (Å²) in [5.41, 5.74) is 0. The number of ether oxygens (including phenoxy) is 4. The van der Waals surface area contributed by atoms with E-state index >= 15 is 0 Å². The number of hydrogen-bond donors (Lipinski definition) is 1. The lowest BCUT2D eigenvalue weighted by Crippen LogP contribution is -2.27. The lowest BCUT2D eigenvalue weighted by molar-refractivity contribution is -0.0969. The Balaban J connectivity index is 1.89. The SMILES string of the molecule is COCCOCOC[C@H]1OC=C[C@@H]1O. The topological polar surface area (TPSA) is 57.2 Å². The predicted octanol–water partition coefficient (Wildman–Crippen LogP) is -0.103. The van der Waals surface area contributed by atoms with Crippen LogP contribution in [0, 0.1) is 0 Å². The van der Waals surface area contributed by atoms with E-state index in [2.05, 4.69) is 0 Å². The van der Waals surface area contributed by atoms with Crippen molar-refractivity contribution in [3.05, 3.63) is 12.3 Å². The minimum Gasteiger partial charge on any atom is -0.493 e. The molecule has 0 aromatic rings. The average molecular weight is 204 g/mol. The summed E-state index contributed by atoms with van der Waals surface area (Å²) in [6.07, 6.45) is 2.18. The summed E-state index contributed by atoms with van der Waals surface area (Å²) in [6, 6.07) is 0. The molecule has 1 heterocycles. The van der Waals surface area contributed by atoms with Gasteiger partial charge in [-0.05, 0) is 6.08 Å². The minimum atomic E-state index is -0.575. The number of rotatable bonds is 7. The Morgan fingerprint density at radius 1 is 1.36 bits per heavy atom. The highest BCUT2D eigenvalue weighted by Gasteiger charge is 2.21. The third-order valence-corrected chi connectivity index (χ3v) is 1.79. The molecule has 0 aromatic heterocycles. The number of aliphatic hydroxyl groups is 1. The van der Waals surface area contributed by atoms with Crippen molar-refractivity contribution in [2.45, 2.75) is 12.2 Å². The average Bonchev–Trinajstić information content (AvgIpc) is 2.58. The first-order valence-corrected chi connectivity index (χ1v) is 4.49. The fourth-order valence-electron chi connectivity index (χ4n) is 0.993. The van der Waals surface area contributed by atoms with E-state index in [-0.39, 0.29) is 12.9 Å². The summed E-state index contributed by atoms with van der Waals surface area (Å²) in [6.45, 7) is 1.56. The van der Waals surface area contributed by atoms with Crippen molar-refractivity contribution in [3.63, 3.8) is 0 Å². The maximum atomic E-state index is 9.28. The zero-order valence-corrected chi connectivity index (χ0v) is 8.22. The molecule has 5 heteroatoms. The smallest absolute Gasteiger partial charge is 0.151 e. The van der Waals surface area contributed by atoms with Crippen LogP contribution in [0.5, 0.6) is 0 Å². The van der Waals surface area contributed by atoms with E-state index in [4.69, 9.17) is 18.9 Å². The summed E-state index contributed by atoms with van der Waals surface area (Å²) in [4.78, 5) is 0. The fourth-order valence-corrected chi connectivity index (χ4v) is 0.993. The van der Waals surface area contributed by atoms with Crippen LogP contribution >= 0.6 is 0 Å². The van der Waals surface area contributed by atoms with Crippen molar-refractivity contribution in [1.82, 2.24) is 0 Å². The molecule has 0 bridgehead atoms. The van der Waals surface area contributed by atoms with E-state index < -0.39 is 6.10 Å². The van der Waals surface area contributed by atoms with Crippen molar-refractivity contribution in [2.75, 3.05) is 33.7 Å². The maximum absolute atomic E-state index is 9.28. The van der Waals surface area contributed by atoms with Crippen LogP contribution < -0.4 is 0 Å². The number of methoxy groups -OCH3 is 1. The summed E-state index contributed by atoms with van der Waals surface area (Å²) in [5, 5.41) is 9.28. The second kappa shape index (κ2) is 6.78. The summed E-state index contributed by atoms with van der Waals surface area (Å²) in [5.74, 6) is 0. The summed E-state index contributed by atoms with van der Waals surface area (Å²) >= 11 is 0. The van der Waals surface area contributed by atoms with Crippen molar-refractivity contribution in [3.8, 4) is 0 Å². The monoisotopic (exact) mass is 204 g/mol. The molecule has 1 N–H and O–H groups in total. The van der Waals surface area contributed by atoms with E-state index in [0.29, 0.717) is 19.8 Å². The Bertz CT molecular complexity index is 171. The largest absolute Gasteiger partial charge is 0.493 e. The third kappa shape index (κ3) is 4.06. The van der Waals surface area contributed by atoms with Crippen LogP contribution in [-0.2, 0) is 18.9 Å². The van der Waals surface area contributed by atoms with Crippen molar-refractivity contribution < 1.29 is 24.1 Å². The molecule has 1 rings (SSSR count). The van der Waals surface area contributed by atoms with E-state index in [1.807, 2.05) is 0 Å². The molecule has 82 valence electrons. The van der Waals surface area contributed by atoms with E-state index in [1.54, 1.807) is 13.2 Å². The maximum Gasteiger partial charge on any atom is 0.151 e. The quantitative estimate of drug-likeness (QED) is 0.463. The fraction of sp³-hybridized carbons (Fsp3) is 0.778. The van der Waals surface area contributed by atoms with E-state index in [9.17, 15) is 5.11 Å². The van der Waals surface area contributed by atoms with Gasteiger partial charge in [-0.25, -0.2) is 0 Å². The molecule has 1 aliphatic rings. The molecule has 14 heavy (non-hydrogen) atoms. The van der Waals surface area contributed by atoms with Gasteiger partial charge >= 0.3 is 0 Å². The van der Waals surface area contributed by atoms with Gasteiger partial charge in [0.15, 0.2) is 6.10 Å². The van der Waals surface area contributed by atoms with Crippen molar-refractivity contribution in [2.24, 2.45) is 0 Å². The van der Waals surface area contributed by atoms with E-state index in [0.717, 1.165) is 0 Å². The normalized spacial score (nSPS) is 25.3. The predicted molar refractivity (Wildman–Crippen MR) is 48.7 cm³/mol. The molecular weight excluding hydrogens is 188 g/mol. The number of hydrogen-bond acceptors (Lipinski definition) is 5. The van der Waals surface area contributed by atoms with Crippen molar-refractivity contribution in [1.29, 1.82) is 0 Å². The Hall–Kier alpha value is -0.620. The van der Waals surface area contributed by atoms with Gasteiger partial charge < -0.3 is 24.1 Å². The molecule has 0 spiro atoms. The van der Waals surface area contributed by atoms with Gasteiger partial charge in [0.05, 0.1) is 26.1 Å². The first kappa shape index (κ1) is 11.5. The molecule has 0 aromatic carbocycles. The Kier molecular flexibility index (Phi) is 5.55. The lowest BCUT2D eigenvalue weighted by Gasteiger charge is -2.14. The van der Waals surface area contributed by atoms with Crippen LogP contribution in [-0.4, -0.2) is 51.0 Å². The van der Waals surface area contributed by atoms with Gasteiger partial charge in [-0.15, -0.1) is 0 Å². The molecular formula is C9H16O5. The Labute approximate surface area is 83.2 Å². The van der Waals surface area contributed by atoms with Gasteiger partial charge in [-0.1, -0.05) is 0 Å². The summed E-state index contributed by atoms with van der Waals surface area (Å²) in [7, 11) is 1.61. The van der Waals surface area contributed by atoms with Crippen LogP contribution in [0.1, 0.15) is 0 Å². The van der Waals surface area contributed by atoms with Gasteiger partial charge in [0.1, 0.15) is 12.9 Å². The molecule has 0 saturated heterocycles. The molecule has 0 amide bonds. The summed E-state index contributed by atoms with van der Waals surface area (Å²) < 4.78 is 20.0. The molecule has 0 radical (unpaired) electrons. The van der Waals surface area contributed by atoms with Gasteiger partial charge in [0, 0.05) is 7.11 Å². The molecule has 0 aliphatic carbocycles. The second-order valence-corrected chi connectivity index (χ2v) is 2.88. The molecule has 0 fully saturated rings. The molecule has 1 aliphatic heterocycles. The van der Waals surface area contributed by atoms with Crippen LogP contribution in [0.4, 0.5) is 0 Å². The number of aliphatic hydroxyl groups excluding tert-OH is 1. The van der Waals surface area contributed by atoms with Gasteiger partial charge in [0.2, 0.25) is 0 Å². The van der Waals surface area contributed by atoms with Crippen LogP contribution in [0.2, 0.25) is 0 Å². The van der Waals surface area contributed by atoms with Crippen LogP contribution in [0.25, 0.3) is 0 Å². The lowest BCUT2D eigenvalue weighted by atomic mass is 10.2. The molecule has 5 nitrogen and oxygen atoms in total. The molecule has 0 saturated carbocycles. The zero-order valence-electron chi connectivity index (χ0n) is 8.22. The first-order valence-electron chi connectivity index (χ1n) is 4.49. The van der Waals surface area contributed by atoms with Gasteiger partial charge in [-0.2, -0.15) is 0 Å². The van der Waals surface area contributed by atoms with Crippen molar-refractivity contribution >= 4 is 0 Å². The minimum absolute atomic E-state index is 0.190. The first-order chi connectivity index (χ1) is 6.84. The second-order valence-electron chi connectivity index (χ2n) is 2.88. The Morgan fingerprint density at radius 2 is 2.21 bits per heavy atom. The Morgan fingerprint density at radius 3 is 2.86 bits per heavy atom. The van der Waals surface area contributed by atoms with Gasteiger partial charge in [-0.3, -0.25) is 0 Å².